The quantitative estimate of drug-likeness (QED) is 0.0796. The minimum Gasteiger partial charge on any atom is -0.490 e. The number of alkyl halides is 2. The van der Waals surface area contributed by atoms with Crippen molar-refractivity contribution >= 4 is 77.0 Å². The van der Waals surface area contributed by atoms with E-state index in [-0.39, 0.29) is 67.5 Å². The highest BCUT2D eigenvalue weighted by Crippen LogP contribution is 2.59. The standard InChI is InChI=1S/C46H55ClF2N11O10P/c1-56-15-12-31-7-9-36(60(31)44(65)34(25-56)54-42(63)33-22-28-21-29(5-8-32(28)53-33)46(48,49)71(67,68)69)43(64)52-30(6-10-39(50)61)26-70-38-4-2-3-35(41(38)47)58-19-17-57(18-20-58)24-27-11-14-51-23-37(27)59-16-13-40(62)55-45(59)66/h2-5,8,11,14,21-23,30-31,34,36,53H,6-7,9-10,12-13,15-20,24-26H2,1H3,(H2,50,61)(H,52,64)(H,54,63)(H,55,62,66)(H2,67,68,69)/t30-,31+,34-,36-/m0/s1. The summed E-state index contributed by atoms with van der Waals surface area (Å²) in [7, 11) is -4.05. The number of nitrogens with zero attached hydrogens (tertiary/aromatic N) is 6. The summed E-state index contributed by atoms with van der Waals surface area (Å²) in [6.07, 6.45) is 4.93. The van der Waals surface area contributed by atoms with Crippen molar-refractivity contribution in [1.82, 2.24) is 40.6 Å². The average molecular weight is 1030 g/mol. The highest BCUT2D eigenvalue weighted by Gasteiger charge is 2.50. The second-order valence-electron chi connectivity index (χ2n) is 18.3. The normalized spacial score (nSPS) is 21.1. The zero-order valence-electron chi connectivity index (χ0n) is 38.7. The number of carbonyl (C=O) groups excluding carboxylic acids is 6. The van der Waals surface area contributed by atoms with Crippen molar-refractivity contribution in [1.29, 1.82) is 0 Å². The predicted molar refractivity (Wildman–Crippen MR) is 256 cm³/mol. The van der Waals surface area contributed by atoms with E-state index in [2.05, 4.69) is 35.7 Å². The maximum absolute atomic E-state index is 14.5. The molecule has 380 valence electrons. The molecule has 4 aromatic rings. The Morgan fingerprint density at radius 2 is 1.79 bits per heavy atom. The molecular weight excluding hydrogens is 971 g/mol. The van der Waals surface area contributed by atoms with E-state index in [1.165, 1.54) is 21.9 Å². The highest BCUT2D eigenvalue weighted by molar-refractivity contribution is 7.52. The zero-order valence-corrected chi connectivity index (χ0v) is 40.3. The number of benzene rings is 2. The number of primary amides is 1. The third-order valence-electron chi connectivity index (χ3n) is 13.4. The molecule has 4 atom stereocenters. The highest BCUT2D eigenvalue weighted by atomic mass is 35.5. The second-order valence-corrected chi connectivity index (χ2v) is 20.3. The number of rotatable bonds is 16. The first-order chi connectivity index (χ1) is 33.8. The number of hydrogen-bond donors (Lipinski definition) is 7. The number of nitrogens with two attached hydrogens (primary N) is 1. The van der Waals surface area contributed by atoms with Gasteiger partial charge in [-0.05, 0) is 81.2 Å². The topological polar surface area (TPSA) is 276 Å². The van der Waals surface area contributed by atoms with Crippen molar-refractivity contribution < 1.29 is 56.6 Å². The number of aromatic nitrogens is 2. The molecule has 25 heteroatoms. The van der Waals surface area contributed by atoms with Crippen LogP contribution in [0.15, 0.2) is 60.9 Å². The van der Waals surface area contributed by atoms with Gasteiger partial charge < -0.3 is 50.6 Å². The molecule has 2 aromatic heterocycles. The van der Waals surface area contributed by atoms with E-state index in [0.29, 0.717) is 75.0 Å². The Labute approximate surface area is 411 Å². The molecule has 0 spiro atoms. The van der Waals surface area contributed by atoms with Crippen molar-refractivity contribution in [2.24, 2.45) is 5.73 Å². The van der Waals surface area contributed by atoms with Crippen molar-refractivity contribution in [3.05, 3.63) is 82.8 Å². The van der Waals surface area contributed by atoms with Crippen LogP contribution >= 0.6 is 19.2 Å². The molecule has 2 aromatic carbocycles. The first-order valence-corrected chi connectivity index (χ1v) is 25.2. The van der Waals surface area contributed by atoms with Gasteiger partial charge >= 0.3 is 19.3 Å². The maximum atomic E-state index is 14.5. The van der Waals surface area contributed by atoms with Gasteiger partial charge in [-0.2, -0.15) is 8.78 Å². The van der Waals surface area contributed by atoms with Gasteiger partial charge in [-0.3, -0.25) is 48.6 Å². The van der Waals surface area contributed by atoms with Gasteiger partial charge in [-0.25, -0.2) is 4.79 Å². The number of amides is 7. The van der Waals surface area contributed by atoms with Crippen LogP contribution in [-0.2, 0) is 36.0 Å². The minimum absolute atomic E-state index is 0.0736. The largest absolute Gasteiger partial charge is 0.490 e. The van der Waals surface area contributed by atoms with E-state index in [1.807, 2.05) is 23.1 Å². The van der Waals surface area contributed by atoms with Crippen LogP contribution < -0.4 is 36.2 Å². The van der Waals surface area contributed by atoms with E-state index in [1.54, 1.807) is 25.5 Å². The van der Waals surface area contributed by atoms with Gasteiger partial charge in [-0.1, -0.05) is 23.7 Å². The summed E-state index contributed by atoms with van der Waals surface area (Å²) in [5, 5.41) is 8.51. The van der Waals surface area contributed by atoms with E-state index in [4.69, 9.17) is 22.1 Å². The van der Waals surface area contributed by atoms with Crippen molar-refractivity contribution in [2.75, 3.05) is 69.3 Å². The van der Waals surface area contributed by atoms with Crippen molar-refractivity contribution in [2.45, 2.75) is 74.9 Å². The zero-order chi connectivity index (χ0) is 50.8. The molecule has 0 radical (unpaired) electrons. The van der Waals surface area contributed by atoms with Crippen LogP contribution in [0.2, 0.25) is 5.02 Å². The number of halogens is 3. The number of ether oxygens (including phenoxy) is 1. The molecule has 8 N–H and O–H groups in total. The van der Waals surface area contributed by atoms with Gasteiger partial charge in [-0.15, -0.1) is 0 Å². The Hall–Kier alpha value is -6.23. The number of carbonyl (C=O) groups is 6. The fraction of sp³-hybridized carbons (Fsp3) is 0.457. The molecule has 71 heavy (non-hydrogen) atoms. The molecule has 7 amide bonds. The summed E-state index contributed by atoms with van der Waals surface area (Å²) in [5.41, 5.74) is 2.57. The van der Waals surface area contributed by atoms with Crippen LogP contribution in [0.4, 0.5) is 25.0 Å². The number of fused-ring (bicyclic) bond motifs is 2. The SMILES string of the molecule is CN1CC[C@H]2CC[C@@H](C(=O)N[C@@H](CCC(N)=O)COc3cccc(N4CCN(Cc5ccncc5N5CCC(=O)NC5=O)CC4)c3Cl)N2C(=O)[C@@H](NC(=O)c2cc3cc(C(F)(F)P(=O)(O)O)ccc3[nH]2)C1. The molecule has 6 heterocycles. The Morgan fingerprint density at radius 1 is 1.01 bits per heavy atom. The molecule has 21 nitrogen and oxygen atoms in total. The number of pyridine rings is 1. The summed E-state index contributed by atoms with van der Waals surface area (Å²) >= 11 is 6.99. The number of nitrogens with one attached hydrogen (secondary N) is 4. The van der Waals surface area contributed by atoms with Gasteiger partial charge in [0.25, 0.3) is 5.91 Å². The number of aromatic amines is 1. The van der Waals surface area contributed by atoms with E-state index < -0.39 is 66.6 Å². The Kier molecular flexibility index (Phi) is 15.3. The molecule has 0 aliphatic carbocycles. The number of likely N-dealkylation sites (N-methyl/N-ethyl adjacent to an activating group) is 1. The molecule has 0 bridgehead atoms. The number of urea groups is 1. The summed E-state index contributed by atoms with van der Waals surface area (Å²) in [6, 6.07) is 7.79. The van der Waals surface area contributed by atoms with E-state index >= 15 is 0 Å². The number of hydrogen-bond acceptors (Lipinski definition) is 12. The number of H-pyrrole nitrogens is 1. The van der Waals surface area contributed by atoms with Gasteiger partial charge in [0.05, 0.1) is 23.6 Å². The average Bonchev–Trinajstić information content (AvgIpc) is 3.96. The van der Waals surface area contributed by atoms with Crippen molar-refractivity contribution in [3.63, 3.8) is 0 Å². The first kappa shape index (κ1) is 51.1. The Bertz CT molecular complexity index is 2750. The summed E-state index contributed by atoms with van der Waals surface area (Å²) in [4.78, 5) is 113. The molecular formula is C46H55ClF2N11O10P. The van der Waals surface area contributed by atoms with E-state index in [9.17, 15) is 51.9 Å². The summed E-state index contributed by atoms with van der Waals surface area (Å²) < 4.78 is 46.7. The van der Waals surface area contributed by atoms with Crippen LogP contribution in [0.5, 0.6) is 5.75 Å². The lowest BCUT2D eigenvalue weighted by atomic mass is 10.1. The maximum Gasteiger partial charge on any atom is 0.399 e. The summed E-state index contributed by atoms with van der Waals surface area (Å²) in [6.45, 7) is 3.93. The summed E-state index contributed by atoms with van der Waals surface area (Å²) in [5.74, 6) is -2.29. The van der Waals surface area contributed by atoms with Crippen molar-refractivity contribution in [3.8, 4) is 5.75 Å². The third kappa shape index (κ3) is 11.5. The fourth-order valence-electron chi connectivity index (χ4n) is 9.57. The number of piperazine rings is 1. The fourth-order valence-corrected chi connectivity index (χ4v) is 10.3. The molecule has 0 unspecified atom stereocenters. The van der Waals surface area contributed by atoms with Crippen LogP contribution in [0, 0.1) is 0 Å². The van der Waals surface area contributed by atoms with Crippen LogP contribution in [-0.4, -0.2) is 154 Å². The first-order valence-electron chi connectivity index (χ1n) is 23.2. The van der Waals surface area contributed by atoms with Crippen LogP contribution in [0.25, 0.3) is 10.9 Å². The number of imide groups is 1. The van der Waals surface area contributed by atoms with Gasteiger partial charge in [0.15, 0.2) is 0 Å². The van der Waals surface area contributed by atoms with Crippen LogP contribution in [0.1, 0.15) is 60.1 Å². The third-order valence-corrected chi connectivity index (χ3v) is 14.8. The monoisotopic (exact) mass is 1030 g/mol. The minimum atomic E-state index is -5.85. The molecule has 8 rings (SSSR count). The van der Waals surface area contributed by atoms with E-state index in [0.717, 1.165) is 23.4 Å². The second kappa shape index (κ2) is 21.2. The molecule has 0 saturated carbocycles. The predicted octanol–water partition coefficient (Wildman–Crippen LogP) is 2.83. The van der Waals surface area contributed by atoms with Gasteiger partial charge in [0, 0.05) is 87.4 Å². The lowest BCUT2D eigenvalue weighted by Gasteiger charge is -2.38. The Morgan fingerprint density at radius 3 is 2.52 bits per heavy atom. The Balaban J connectivity index is 0.903. The lowest BCUT2D eigenvalue weighted by molar-refractivity contribution is -0.143. The lowest BCUT2D eigenvalue weighted by Crippen LogP contribution is -2.60. The molecule has 4 aliphatic rings. The van der Waals surface area contributed by atoms with Gasteiger partial charge in [0.2, 0.25) is 23.6 Å². The molecule has 4 saturated heterocycles. The van der Waals surface area contributed by atoms with Gasteiger partial charge in [0.1, 0.15) is 35.2 Å². The molecule has 4 fully saturated rings. The number of anilines is 2. The molecule has 4 aliphatic heterocycles. The van der Waals surface area contributed by atoms with Crippen LogP contribution in [0.3, 0.4) is 0 Å². The smallest absolute Gasteiger partial charge is 0.399 e.